The number of aliphatic hydroxyl groups is 1. The van der Waals surface area contributed by atoms with E-state index in [0.29, 0.717) is 36.1 Å². The molecule has 0 radical (unpaired) electrons. The summed E-state index contributed by atoms with van der Waals surface area (Å²) >= 11 is 3.25. The zero-order chi connectivity index (χ0) is 18.8. The Bertz CT molecular complexity index is 529. The first-order valence-electron chi connectivity index (χ1n) is 8.99. The zero-order valence-electron chi connectivity index (χ0n) is 16.0. The van der Waals surface area contributed by atoms with Crippen molar-refractivity contribution in [3.05, 3.63) is 41.0 Å². The van der Waals surface area contributed by atoms with Crippen molar-refractivity contribution in [2.75, 3.05) is 26.4 Å². The van der Waals surface area contributed by atoms with Crippen LogP contribution in [0.5, 0.6) is 0 Å². The first kappa shape index (κ1) is 28.7. The van der Waals surface area contributed by atoms with E-state index >= 15 is 0 Å². The predicted octanol–water partition coefficient (Wildman–Crippen LogP) is 0.762. The van der Waals surface area contributed by atoms with Gasteiger partial charge in [0.2, 0.25) is 0 Å². The van der Waals surface area contributed by atoms with E-state index in [1.807, 2.05) is 0 Å². The van der Waals surface area contributed by atoms with Crippen LogP contribution in [0, 0.1) is 12.7 Å². The molecule has 5 nitrogen and oxygen atoms in total. The van der Waals surface area contributed by atoms with Crippen LogP contribution in [0.15, 0.2) is 22.7 Å². The summed E-state index contributed by atoms with van der Waals surface area (Å²) in [4.78, 5) is 0. The van der Waals surface area contributed by atoms with Crippen LogP contribution in [0.3, 0.4) is 0 Å². The molecule has 1 aromatic rings. The molecule has 1 unspecified atom stereocenters. The van der Waals surface area contributed by atoms with Crippen molar-refractivity contribution < 1.29 is 45.4 Å². The van der Waals surface area contributed by atoms with Crippen molar-refractivity contribution in [1.82, 2.24) is 0 Å². The first-order valence-corrected chi connectivity index (χ1v) is 9.78. The first-order chi connectivity index (χ1) is 12.6. The molecule has 2 heterocycles. The average molecular weight is 539 g/mol. The minimum atomic E-state index is -0.644. The number of hydrogen-bond acceptors (Lipinski definition) is 5. The summed E-state index contributed by atoms with van der Waals surface area (Å²) in [6.45, 7) is 6.75. The van der Waals surface area contributed by atoms with E-state index < -0.39 is 6.10 Å². The Balaban J connectivity index is 0.000000621. The smallest absolute Gasteiger partial charge is 1.00 e. The topological polar surface area (TPSA) is 57.2 Å². The van der Waals surface area contributed by atoms with E-state index in [1.54, 1.807) is 6.07 Å². The summed E-state index contributed by atoms with van der Waals surface area (Å²) in [7, 11) is 0. The van der Waals surface area contributed by atoms with Crippen molar-refractivity contribution in [1.29, 1.82) is 0 Å². The maximum atomic E-state index is 12.9. The van der Waals surface area contributed by atoms with Crippen LogP contribution in [0.4, 0.5) is 4.39 Å². The fourth-order valence-corrected chi connectivity index (χ4v) is 3.24. The third-order valence-corrected chi connectivity index (χ3v) is 4.71. The standard InChI is InChI=1S/C13H16BrFO3.C6H11O2.BrH.Mg/c14-11-8-9(15)2-3-10(11)12(16)4-5-13-17-6-1-7-18-13;1-2-6-7-4-3-5-8-6;;/h2-3,8,12-13,16H,1,4-7H2;6H,1-5H2;1H;/q;-1;;+2/p-1. The van der Waals surface area contributed by atoms with E-state index in [2.05, 4.69) is 22.9 Å². The fourth-order valence-electron chi connectivity index (χ4n) is 2.63. The molecule has 1 atom stereocenters. The van der Waals surface area contributed by atoms with Crippen LogP contribution in [0.2, 0.25) is 0 Å². The molecule has 0 saturated carbocycles. The second-order valence-electron chi connectivity index (χ2n) is 6.10. The molecule has 0 bridgehead atoms. The molecule has 1 aromatic carbocycles. The quantitative estimate of drug-likeness (QED) is 0.444. The fraction of sp³-hybridized carbons (Fsp3) is 0.632. The van der Waals surface area contributed by atoms with Crippen LogP contribution >= 0.6 is 15.9 Å². The van der Waals surface area contributed by atoms with Gasteiger partial charge in [-0.25, -0.2) is 4.39 Å². The van der Waals surface area contributed by atoms with Gasteiger partial charge in [-0.1, -0.05) is 22.0 Å². The molecule has 0 spiro atoms. The van der Waals surface area contributed by atoms with Crippen molar-refractivity contribution in [2.45, 2.75) is 50.8 Å². The maximum Gasteiger partial charge on any atom is 2.00 e. The normalized spacial score (nSPS) is 18.9. The summed E-state index contributed by atoms with van der Waals surface area (Å²) in [5, 5.41) is 10.1. The Kier molecular flexibility index (Phi) is 16.8. The molecule has 0 aromatic heterocycles. The molecule has 2 aliphatic heterocycles. The zero-order valence-corrected chi connectivity index (χ0v) is 20.5. The average Bonchev–Trinajstić information content (AvgIpc) is 2.68. The van der Waals surface area contributed by atoms with Gasteiger partial charge < -0.3 is 48.0 Å². The Morgan fingerprint density at radius 2 is 1.61 bits per heavy atom. The molecule has 2 fully saturated rings. The van der Waals surface area contributed by atoms with Gasteiger partial charge in [0.15, 0.2) is 6.29 Å². The number of halogens is 3. The molecular formula is C19H27Br2FMgO5. The third-order valence-electron chi connectivity index (χ3n) is 4.03. The van der Waals surface area contributed by atoms with Crippen LogP contribution < -0.4 is 17.0 Å². The number of hydrogen-bond donors (Lipinski definition) is 1. The second-order valence-corrected chi connectivity index (χ2v) is 6.95. The summed E-state index contributed by atoms with van der Waals surface area (Å²) in [6, 6.07) is 4.29. The molecule has 28 heavy (non-hydrogen) atoms. The molecule has 2 aliphatic rings. The Morgan fingerprint density at radius 1 is 1.07 bits per heavy atom. The minimum absolute atomic E-state index is 0. The largest absolute Gasteiger partial charge is 2.00 e. The summed E-state index contributed by atoms with van der Waals surface area (Å²) in [5.74, 6) is -0.322. The predicted molar refractivity (Wildman–Crippen MR) is 105 cm³/mol. The van der Waals surface area contributed by atoms with Crippen LogP contribution in [-0.2, 0) is 18.9 Å². The molecule has 3 rings (SSSR count). The third kappa shape index (κ3) is 10.6. The van der Waals surface area contributed by atoms with Crippen molar-refractivity contribution in [2.24, 2.45) is 0 Å². The summed E-state index contributed by atoms with van der Waals surface area (Å²) in [5.41, 5.74) is 0.687. The molecule has 9 heteroatoms. The van der Waals surface area contributed by atoms with E-state index in [1.165, 1.54) is 12.1 Å². The van der Waals surface area contributed by atoms with E-state index in [4.69, 9.17) is 18.9 Å². The van der Waals surface area contributed by atoms with Gasteiger partial charge in [0.05, 0.1) is 32.5 Å². The van der Waals surface area contributed by atoms with Gasteiger partial charge in [0.25, 0.3) is 0 Å². The van der Waals surface area contributed by atoms with E-state index in [-0.39, 0.29) is 58.4 Å². The Labute approximate surface area is 201 Å². The van der Waals surface area contributed by atoms with Crippen LogP contribution in [0.1, 0.15) is 43.8 Å². The molecule has 0 amide bonds. The Morgan fingerprint density at radius 3 is 2.07 bits per heavy atom. The molecule has 0 aliphatic carbocycles. The van der Waals surface area contributed by atoms with Gasteiger partial charge >= 0.3 is 23.1 Å². The SMILES string of the molecule is OC(CCC1OCCCO1)c1ccc(F)cc1Br.[Br-].[CH2-]CC1OCCCO1.[Mg+2]. The van der Waals surface area contributed by atoms with E-state index in [0.717, 1.165) is 32.5 Å². The van der Waals surface area contributed by atoms with Gasteiger partial charge in [-0.05, 0) is 37.0 Å². The number of rotatable bonds is 5. The maximum absolute atomic E-state index is 12.9. The molecule has 1 N–H and O–H groups in total. The number of ether oxygens (including phenoxy) is 4. The van der Waals surface area contributed by atoms with Gasteiger partial charge in [0.1, 0.15) is 12.1 Å². The molecule has 156 valence electrons. The van der Waals surface area contributed by atoms with Crippen molar-refractivity contribution in [3.63, 3.8) is 0 Å². The monoisotopic (exact) mass is 536 g/mol. The van der Waals surface area contributed by atoms with Gasteiger partial charge in [-0.2, -0.15) is 0 Å². The summed E-state index contributed by atoms with van der Waals surface area (Å²) in [6.07, 6.45) is 2.92. The van der Waals surface area contributed by atoms with Crippen LogP contribution in [-0.4, -0.2) is 67.2 Å². The second kappa shape index (κ2) is 16.4. The number of benzene rings is 1. The summed E-state index contributed by atoms with van der Waals surface area (Å²) < 4.78 is 34.6. The Hall–Kier alpha value is 0.676. The van der Waals surface area contributed by atoms with Gasteiger partial charge in [0, 0.05) is 10.9 Å². The molecular weight excluding hydrogens is 511 g/mol. The van der Waals surface area contributed by atoms with Gasteiger partial charge in [-0.3, -0.25) is 0 Å². The van der Waals surface area contributed by atoms with Crippen molar-refractivity contribution >= 4 is 39.0 Å². The minimum Gasteiger partial charge on any atom is -1.00 e. The van der Waals surface area contributed by atoms with E-state index in [9.17, 15) is 9.50 Å². The molecule has 2 saturated heterocycles. The number of aliphatic hydroxyl groups excluding tert-OH is 1. The van der Waals surface area contributed by atoms with Gasteiger partial charge in [-0.15, -0.1) is 6.42 Å². The van der Waals surface area contributed by atoms with Crippen LogP contribution in [0.25, 0.3) is 0 Å². The van der Waals surface area contributed by atoms with Crippen molar-refractivity contribution in [3.8, 4) is 0 Å².